The first-order valence-corrected chi connectivity index (χ1v) is 4.17. The number of nitrogens with one attached hydrogen (secondary N) is 1. The molecule has 1 fully saturated rings. The average Bonchev–Trinajstić information content (AvgIpc) is 1.85. The highest BCUT2D eigenvalue weighted by atomic mass is 35.5. The topological polar surface area (TPSA) is 12.0 Å². The second-order valence-electron chi connectivity index (χ2n) is 2.83. The molecule has 0 unspecified atom stereocenters. The molecular weight excluding hydrogens is 153 g/mol. The van der Waals surface area contributed by atoms with Gasteiger partial charge in [-0.25, -0.2) is 4.39 Å². The third kappa shape index (κ3) is 2.43. The maximum Gasteiger partial charge on any atom is 0.102 e. The van der Waals surface area contributed by atoms with Crippen LogP contribution < -0.4 is 5.32 Å². The molecule has 0 bridgehead atoms. The van der Waals surface area contributed by atoms with Gasteiger partial charge in [0.05, 0.1) is 0 Å². The van der Waals surface area contributed by atoms with Crippen LogP contribution in [0.4, 0.5) is 4.39 Å². The van der Waals surface area contributed by atoms with E-state index in [0.717, 1.165) is 19.4 Å². The summed E-state index contributed by atoms with van der Waals surface area (Å²) in [6.07, 6.45) is 2.20. The van der Waals surface area contributed by atoms with Crippen LogP contribution in [0.3, 0.4) is 0 Å². The Morgan fingerprint density at radius 2 is 2.20 bits per heavy atom. The number of hydrogen-bond donors (Lipinski definition) is 1. The second kappa shape index (κ2) is 4.14. The molecule has 0 amide bonds. The predicted molar refractivity (Wildman–Crippen MR) is 41.2 cm³/mol. The fourth-order valence-corrected chi connectivity index (χ4v) is 1.70. The molecule has 1 aliphatic carbocycles. The Labute approximate surface area is 65.9 Å². The molecule has 1 N–H and O–H groups in total. The lowest BCUT2D eigenvalue weighted by Crippen LogP contribution is -2.34. The summed E-state index contributed by atoms with van der Waals surface area (Å²) in [5.74, 6) is 0.703. The van der Waals surface area contributed by atoms with E-state index in [0.29, 0.717) is 17.8 Å². The van der Waals surface area contributed by atoms with Crippen LogP contribution in [-0.2, 0) is 0 Å². The van der Waals surface area contributed by atoms with Crippen LogP contribution in [0.5, 0.6) is 0 Å². The Kier molecular flexibility index (Phi) is 3.43. The molecular formula is C7H13ClFN. The van der Waals surface area contributed by atoms with Gasteiger partial charge >= 0.3 is 0 Å². The molecule has 10 heavy (non-hydrogen) atoms. The molecule has 0 aliphatic heterocycles. The van der Waals surface area contributed by atoms with Crippen molar-refractivity contribution in [3.05, 3.63) is 0 Å². The summed E-state index contributed by atoms with van der Waals surface area (Å²) in [6, 6.07) is 0. The van der Waals surface area contributed by atoms with Crippen LogP contribution in [0.1, 0.15) is 12.8 Å². The van der Waals surface area contributed by atoms with Gasteiger partial charge in [-0.1, -0.05) is 0 Å². The van der Waals surface area contributed by atoms with Crippen molar-refractivity contribution in [2.75, 3.05) is 19.8 Å². The van der Waals surface area contributed by atoms with Gasteiger partial charge in [-0.05, 0) is 25.3 Å². The van der Waals surface area contributed by atoms with Gasteiger partial charge in [-0.3, -0.25) is 0 Å². The van der Waals surface area contributed by atoms with E-state index >= 15 is 0 Å². The molecule has 3 heteroatoms. The van der Waals surface area contributed by atoms with Crippen LogP contribution in [-0.4, -0.2) is 25.1 Å². The summed E-state index contributed by atoms with van der Waals surface area (Å²) in [6.45, 7) is 1.16. The standard InChI is InChI=1S/C7H13ClFN/c8-7-3-6(4-7)5-10-2-1-9/h6-7,10H,1-5H2. The van der Waals surface area contributed by atoms with Gasteiger partial charge in [0.2, 0.25) is 0 Å². The number of hydrogen-bond acceptors (Lipinski definition) is 1. The van der Waals surface area contributed by atoms with Crippen molar-refractivity contribution in [1.82, 2.24) is 5.32 Å². The van der Waals surface area contributed by atoms with Crippen molar-refractivity contribution in [2.24, 2.45) is 5.92 Å². The molecule has 1 saturated carbocycles. The summed E-state index contributed by atoms with van der Waals surface area (Å²) in [5, 5.41) is 3.41. The average molecular weight is 166 g/mol. The largest absolute Gasteiger partial charge is 0.314 e. The lowest BCUT2D eigenvalue weighted by Gasteiger charge is -2.30. The molecule has 0 heterocycles. The van der Waals surface area contributed by atoms with Crippen LogP contribution in [0.25, 0.3) is 0 Å². The summed E-state index contributed by atoms with van der Waals surface area (Å²) in [7, 11) is 0. The molecule has 0 radical (unpaired) electrons. The minimum absolute atomic E-state index is 0.267. The zero-order chi connectivity index (χ0) is 7.40. The maximum atomic E-state index is 11.6. The molecule has 1 rings (SSSR count). The molecule has 60 valence electrons. The van der Waals surface area contributed by atoms with E-state index in [2.05, 4.69) is 5.32 Å². The first-order valence-electron chi connectivity index (χ1n) is 3.73. The lowest BCUT2D eigenvalue weighted by atomic mass is 9.85. The highest BCUT2D eigenvalue weighted by Crippen LogP contribution is 2.30. The van der Waals surface area contributed by atoms with E-state index in [1.165, 1.54) is 0 Å². The fraction of sp³-hybridized carbons (Fsp3) is 1.00. The van der Waals surface area contributed by atoms with Gasteiger partial charge in [0.15, 0.2) is 0 Å². The van der Waals surface area contributed by atoms with E-state index < -0.39 is 0 Å². The Hall–Kier alpha value is 0.180. The Morgan fingerprint density at radius 1 is 1.50 bits per heavy atom. The highest BCUT2D eigenvalue weighted by Gasteiger charge is 2.26. The second-order valence-corrected chi connectivity index (χ2v) is 3.45. The van der Waals surface area contributed by atoms with Gasteiger partial charge in [-0.2, -0.15) is 0 Å². The van der Waals surface area contributed by atoms with Crippen molar-refractivity contribution in [3.8, 4) is 0 Å². The summed E-state index contributed by atoms with van der Waals surface area (Å²) in [5.41, 5.74) is 0. The molecule has 1 nitrogen and oxygen atoms in total. The van der Waals surface area contributed by atoms with Gasteiger partial charge in [0.1, 0.15) is 6.67 Å². The fourth-order valence-electron chi connectivity index (χ4n) is 1.19. The van der Waals surface area contributed by atoms with Crippen LogP contribution >= 0.6 is 11.6 Å². The SMILES string of the molecule is FCCNCC1CC(Cl)C1. The molecule has 0 aromatic carbocycles. The Morgan fingerprint density at radius 3 is 2.70 bits per heavy atom. The van der Waals surface area contributed by atoms with Crippen LogP contribution in [0.2, 0.25) is 0 Å². The molecule has 0 saturated heterocycles. The number of halogens is 2. The minimum Gasteiger partial charge on any atom is -0.314 e. The van der Waals surface area contributed by atoms with Gasteiger partial charge in [0.25, 0.3) is 0 Å². The van der Waals surface area contributed by atoms with E-state index in [1.807, 2.05) is 0 Å². The minimum atomic E-state index is -0.267. The van der Waals surface area contributed by atoms with Gasteiger partial charge in [0, 0.05) is 11.9 Å². The summed E-state index contributed by atoms with van der Waals surface area (Å²) < 4.78 is 11.6. The zero-order valence-electron chi connectivity index (χ0n) is 5.95. The third-order valence-corrected chi connectivity index (χ3v) is 2.24. The van der Waals surface area contributed by atoms with E-state index in [9.17, 15) is 4.39 Å². The van der Waals surface area contributed by atoms with E-state index in [4.69, 9.17) is 11.6 Å². The first-order chi connectivity index (χ1) is 4.83. The zero-order valence-corrected chi connectivity index (χ0v) is 6.70. The quantitative estimate of drug-likeness (QED) is 0.493. The molecule has 0 aromatic rings. The van der Waals surface area contributed by atoms with Gasteiger partial charge in [-0.15, -0.1) is 11.6 Å². The summed E-state index contributed by atoms with van der Waals surface area (Å²) in [4.78, 5) is 0. The monoisotopic (exact) mass is 165 g/mol. The smallest absolute Gasteiger partial charge is 0.102 e. The summed E-state index contributed by atoms with van der Waals surface area (Å²) >= 11 is 5.75. The third-order valence-electron chi connectivity index (χ3n) is 1.88. The van der Waals surface area contributed by atoms with E-state index in [1.54, 1.807) is 0 Å². The van der Waals surface area contributed by atoms with Crippen molar-refractivity contribution >= 4 is 11.6 Å². The first kappa shape index (κ1) is 8.28. The molecule has 0 spiro atoms. The van der Waals surface area contributed by atoms with Crippen LogP contribution in [0.15, 0.2) is 0 Å². The normalized spacial score (nSPS) is 31.8. The molecule has 1 aliphatic rings. The molecule has 0 aromatic heterocycles. The Balaban J connectivity index is 1.86. The number of alkyl halides is 2. The maximum absolute atomic E-state index is 11.6. The van der Waals surface area contributed by atoms with E-state index in [-0.39, 0.29) is 6.67 Å². The number of rotatable bonds is 4. The Bertz CT molecular complexity index is 93.6. The highest BCUT2D eigenvalue weighted by molar-refractivity contribution is 6.21. The lowest BCUT2D eigenvalue weighted by molar-refractivity contribution is 0.304. The van der Waals surface area contributed by atoms with Crippen LogP contribution in [0, 0.1) is 5.92 Å². The van der Waals surface area contributed by atoms with Gasteiger partial charge < -0.3 is 5.32 Å². The predicted octanol–water partition coefficient (Wildman–Crippen LogP) is 1.56. The van der Waals surface area contributed by atoms with Crippen molar-refractivity contribution in [3.63, 3.8) is 0 Å². The van der Waals surface area contributed by atoms with Crippen molar-refractivity contribution in [2.45, 2.75) is 18.2 Å². The molecule has 0 atom stereocenters. The van der Waals surface area contributed by atoms with Crippen molar-refractivity contribution in [1.29, 1.82) is 0 Å². The van der Waals surface area contributed by atoms with Crippen molar-refractivity contribution < 1.29 is 4.39 Å².